The molecule has 25 heavy (non-hydrogen) atoms. The van der Waals surface area contributed by atoms with Gasteiger partial charge in [-0.05, 0) is 25.0 Å². The summed E-state index contributed by atoms with van der Waals surface area (Å²) in [5.41, 5.74) is 0.878. The van der Waals surface area contributed by atoms with Crippen molar-refractivity contribution >= 4 is 17.5 Å². The molecule has 1 aromatic carbocycles. The molecule has 0 radical (unpaired) electrons. The molecule has 1 aromatic rings. The number of para-hydroxylation sites is 2. The number of nitrogens with zero attached hydrogens (tertiary/aromatic N) is 2. The van der Waals surface area contributed by atoms with Crippen LogP contribution in [-0.4, -0.2) is 56.0 Å². The van der Waals surface area contributed by atoms with E-state index in [1.54, 1.807) is 7.05 Å². The van der Waals surface area contributed by atoms with Gasteiger partial charge < -0.3 is 19.9 Å². The van der Waals surface area contributed by atoms with Crippen LogP contribution >= 0.6 is 0 Å². The smallest absolute Gasteiger partial charge is 0.262 e. The third-order valence-corrected chi connectivity index (χ3v) is 4.94. The average Bonchev–Trinajstić information content (AvgIpc) is 2.60. The summed E-state index contributed by atoms with van der Waals surface area (Å²) in [4.78, 5) is 28.8. The standard InChI is InChI=1S/C19H27N3O3/c1-20-19(24)17-13-22(15-9-5-6-10-16(15)25-17)14-18(23)21-11-7-3-2-4-8-12-21/h5-6,9-10,17H,2-4,7-8,11-14H2,1H3,(H,20,24)/t17-/m0/s1. The van der Waals surface area contributed by atoms with Gasteiger partial charge in [0.1, 0.15) is 5.75 Å². The molecular formula is C19H27N3O3. The second kappa shape index (κ2) is 8.23. The molecule has 2 aliphatic rings. The number of hydrogen-bond acceptors (Lipinski definition) is 4. The molecule has 0 spiro atoms. The highest BCUT2D eigenvalue weighted by Crippen LogP contribution is 2.33. The van der Waals surface area contributed by atoms with Gasteiger partial charge in [-0.25, -0.2) is 0 Å². The van der Waals surface area contributed by atoms with Crippen molar-refractivity contribution in [1.29, 1.82) is 0 Å². The predicted octanol–water partition coefficient (Wildman–Crippen LogP) is 1.79. The van der Waals surface area contributed by atoms with Crippen LogP contribution in [0.3, 0.4) is 0 Å². The van der Waals surface area contributed by atoms with Crippen LogP contribution in [0.5, 0.6) is 5.75 Å². The highest BCUT2D eigenvalue weighted by atomic mass is 16.5. The Morgan fingerprint density at radius 3 is 2.52 bits per heavy atom. The first-order chi connectivity index (χ1) is 12.2. The number of carbonyl (C=O) groups is 2. The monoisotopic (exact) mass is 345 g/mol. The number of likely N-dealkylation sites (N-methyl/N-ethyl adjacent to an activating group) is 1. The molecule has 136 valence electrons. The molecule has 0 bridgehead atoms. The molecule has 2 heterocycles. The van der Waals surface area contributed by atoms with Crippen LogP contribution < -0.4 is 15.0 Å². The number of carbonyl (C=O) groups excluding carboxylic acids is 2. The van der Waals surface area contributed by atoms with E-state index >= 15 is 0 Å². The van der Waals surface area contributed by atoms with Crippen molar-refractivity contribution in [2.24, 2.45) is 0 Å². The third kappa shape index (κ3) is 4.24. The Balaban J connectivity index is 1.73. The van der Waals surface area contributed by atoms with Crippen LogP contribution in [0.2, 0.25) is 0 Å². The minimum Gasteiger partial charge on any atom is -0.477 e. The minimum absolute atomic E-state index is 0.134. The summed E-state index contributed by atoms with van der Waals surface area (Å²) in [6.45, 7) is 2.34. The molecule has 1 fully saturated rings. The van der Waals surface area contributed by atoms with Crippen LogP contribution in [0.1, 0.15) is 32.1 Å². The number of likely N-dealkylation sites (tertiary alicyclic amines) is 1. The van der Waals surface area contributed by atoms with E-state index in [1.807, 2.05) is 34.1 Å². The van der Waals surface area contributed by atoms with Crippen molar-refractivity contribution in [3.8, 4) is 5.75 Å². The SMILES string of the molecule is CNC(=O)[C@@H]1CN(CC(=O)N2CCCCCCC2)c2ccccc2O1. The zero-order valence-electron chi connectivity index (χ0n) is 14.9. The van der Waals surface area contributed by atoms with Gasteiger partial charge in [-0.3, -0.25) is 9.59 Å². The lowest BCUT2D eigenvalue weighted by molar-refractivity contribution is -0.131. The number of hydrogen-bond donors (Lipinski definition) is 1. The van der Waals surface area contributed by atoms with E-state index in [0.717, 1.165) is 31.6 Å². The second-order valence-electron chi connectivity index (χ2n) is 6.72. The summed E-state index contributed by atoms with van der Waals surface area (Å²) in [6, 6.07) is 7.59. The van der Waals surface area contributed by atoms with Gasteiger partial charge in [0.2, 0.25) is 5.91 Å². The molecule has 0 saturated carbocycles. The fraction of sp³-hybridized carbons (Fsp3) is 0.579. The maximum atomic E-state index is 12.8. The molecule has 6 nitrogen and oxygen atoms in total. The third-order valence-electron chi connectivity index (χ3n) is 4.94. The van der Waals surface area contributed by atoms with Gasteiger partial charge in [0, 0.05) is 20.1 Å². The Hall–Kier alpha value is -2.24. The van der Waals surface area contributed by atoms with Crippen molar-refractivity contribution in [3.63, 3.8) is 0 Å². The molecule has 2 aliphatic heterocycles. The Morgan fingerprint density at radius 1 is 1.12 bits per heavy atom. The van der Waals surface area contributed by atoms with Crippen LogP contribution in [0.15, 0.2) is 24.3 Å². The second-order valence-corrected chi connectivity index (χ2v) is 6.72. The van der Waals surface area contributed by atoms with Crippen LogP contribution in [0.25, 0.3) is 0 Å². The number of amides is 2. The molecule has 0 aliphatic carbocycles. The summed E-state index contributed by atoms with van der Waals surface area (Å²) in [6.07, 6.45) is 5.22. The minimum atomic E-state index is -0.597. The van der Waals surface area contributed by atoms with Gasteiger partial charge in [-0.1, -0.05) is 31.4 Å². The van der Waals surface area contributed by atoms with Crippen LogP contribution in [-0.2, 0) is 9.59 Å². The fourth-order valence-corrected chi connectivity index (χ4v) is 3.51. The Kier molecular flexibility index (Phi) is 5.79. The van der Waals surface area contributed by atoms with E-state index in [9.17, 15) is 9.59 Å². The normalized spacial score (nSPS) is 20.8. The highest BCUT2D eigenvalue weighted by molar-refractivity contribution is 5.86. The number of fused-ring (bicyclic) bond motifs is 1. The number of benzene rings is 1. The lowest BCUT2D eigenvalue weighted by Crippen LogP contribution is -2.51. The molecule has 0 unspecified atom stereocenters. The predicted molar refractivity (Wildman–Crippen MR) is 96.8 cm³/mol. The van der Waals surface area contributed by atoms with Crippen molar-refractivity contribution in [1.82, 2.24) is 10.2 Å². The fourth-order valence-electron chi connectivity index (χ4n) is 3.51. The lowest BCUT2D eigenvalue weighted by atomic mass is 10.1. The van der Waals surface area contributed by atoms with Crippen molar-refractivity contribution in [3.05, 3.63) is 24.3 Å². The molecule has 1 N–H and O–H groups in total. The largest absolute Gasteiger partial charge is 0.477 e. The van der Waals surface area contributed by atoms with Gasteiger partial charge in [-0.2, -0.15) is 0 Å². The first kappa shape index (κ1) is 17.6. The van der Waals surface area contributed by atoms with E-state index in [2.05, 4.69) is 5.32 Å². The molecular weight excluding hydrogens is 318 g/mol. The van der Waals surface area contributed by atoms with Gasteiger partial charge in [0.25, 0.3) is 5.91 Å². The molecule has 1 saturated heterocycles. The van der Waals surface area contributed by atoms with Crippen molar-refractivity contribution in [2.45, 2.75) is 38.2 Å². The maximum Gasteiger partial charge on any atom is 0.262 e. The lowest BCUT2D eigenvalue weighted by Gasteiger charge is -2.36. The molecule has 0 aromatic heterocycles. The number of ether oxygens (including phenoxy) is 1. The first-order valence-corrected chi connectivity index (χ1v) is 9.19. The molecule has 6 heteroatoms. The van der Waals surface area contributed by atoms with Gasteiger partial charge in [-0.15, -0.1) is 0 Å². The quantitative estimate of drug-likeness (QED) is 0.907. The summed E-state index contributed by atoms with van der Waals surface area (Å²) >= 11 is 0. The zero-order chi connectivity index (χ0) is 17.6. The number of nitrogens with one attached hydrogen (secondary N) is 1. The van der Waals surface area contributed by atoms with E-state index in [0.29, 0.717) is 12.3 Å². The van der Waals surface area contributed by atoms with Crippen LogP contribution in [0, 0.1) is 0 Å². The zero-order valence-corrected chi connectivity index (χ0v) is 14.9. The number of anilines is 1. The van der Waals surface area contributed by atoms with Crippen LogP contribution in [0.4, 0.5) is 5.69 Å². The average molecular weight is 345 g/mol. The van der Waals surface area contributed by atoms with E-state index in [4.69, 9.17) is 4.74 Å². The summed E-state index contributed by atoms with van der Waals surface area (Å²) in [5.74, 6) is 0.621. The Morgan fingerprint density at radius 2 is 1.80 bits per heavy atom. The first-order valence-electron chi connectivity index (χ1n) is 9.19. The van der Waals surface area contributed by atoms with Crippen molar-refractivity contribution < 1.29 is 14.3 Å². The number of rotatable bonds is 3. The topological polar surface area (TPSA) is 61.9 Å². The van der Waals surface area contributed by atoms with E-state index in [-0.39, 0.29) is 18.4 Å². The maximum absolute atomic E-state index is 12.8. The Bertz CT molecular complexity index is 612. The van der Waals surface area contributed by atoms with Gasteiger partial charge >= 0.3 is 0 Å². The summed E-state index contributed by atoms with van der Waals surface area (Å²) in [5, 5.41) is 2.63. The van der Waals surface area contributed by atoms with Gasteiger partial charge in [0.15, 0.2) is 6.10 Å². The highest BCUT2D eigenvalue weighted by Gasteiger charge is 2.31. The van der Waals surface area contributed by atoms with Gasteiger partial charge in [0.05, 0.1) is 18.8 Å². The van der Waals surface area contributed by atoms with Crippen molar-refractivity contribution in [2.75, 3.05) is 38.1 Å². The summed E-state index contributed by atoms with van der Waals surface area (Å²) < 4.78 is 5.80. The molecule has 3 rings (SSSR count). The summed E-state index contributed by atoms with van der Waals surface area (Å²) in [7, 11) is 1.60. The molecule has 2 amide bonds. The Labute approximate surface area is 149 Å². The van der Waals surface area contributed by atoms with E-state index < -0.39 is 6.10 Å². The van der Waals surface area contributed by atoms with E-state index in [1.165, 1.54) is 19.3 Å². The molecule has 1 atom stereocenters.